The molecule has 5 aromatic rings. The van der Waals surface area contributed by atoms with Crippen molar-refractivity contribution in [2.45, 2.75) is 49.9 Å². The van der Waals surface area contributed by atoms with Gasteiger partial charge in [-0.1, -0.05) is 60.7 Å². The summed E-state index contributed by atoms with van der Waals surface area (Å²) in [5.41, 5.74) is 4.42. The van der Waals surface area contributed by atoms with Gasteiger partial charge >= 0.3 is 0 Å². The van der Waals surface area contributed by atoms with E-state index in [1.165, 1.54) is 0 Å². The summed E-state index contributed by atoms with van der Waals surface area (Å²) in [4.78, 5) is 62.0. The molecule has 0 saturated carbocycles. The zero-order chi connectivity index (χ0) is 39.5. The lowest BCUT2D eigenvalue weighted by Gasteiger charge is -2.31. The van der Waals surface area contributed by atoms with Crippen LogP contribution in [-0.4, -0.2) is 96.6 Å². The topological polar surface area (TPSA) is 118 Å². The van der Waals surface area contributed by atoms with E-state index in [4.69, 9.17) is 4.42 Å². The van der Waals surface area contributed by atoms with Gasteiger partial charge in [-0.2, -0.15) is 0 Å². The maximum Gasteiger partial charge on any atom is 0.247 e. The molecule has 1 unspecified atom stereocenters. The van der Waals surface area contributed by atoms with Gasteiger partial charge in [0.25, 0.3) is 0 Å². The van der Waals surface area contributed by atoms with Gasteiger partial charge in [0, 0.05) is 35.4 Å². The first-order valence-corrected chi connectivity index (χ1v) is 19.8. The number of benzene rings is 4. The molecule has 56 heavy (non-hydrogen) atoms. The summed E-state index contributed by atoms with van der Waals surface area (Å²) >= 11 is 3.72. The monoisotopic (exact) mass is 818 g/mol. The predicted molar refractivity (Wildman–Crippen MR) is 222 cm³/mol. The van der Waals surface area contributed by atoms with Crippen LogP contribution >= 0.6 is 15.9 Å². The van der Waals surface area contributed by atoms with Gasteiger partial charge in [0.1, 0.15) is 35.5 Å². The molecule has 4 atom stereocenters. The molecule has 4 amide bonds. The second-order valence-electron chi connectivity index (χ2n) is 14.9. The molecule has 2 N–H and O–H groups in total. The van der Waals surface area contributed by atoms with Crippen molar-refractivity contribution in [3.05, 3.63) is 119 Å². The maximum atomic E-state index is 13.8. The van der Waals surface area contributed by atoms with Crippen molar-refractivity contribution in [1.29, 1.82) is 0 Å². The van der Waals surface area contributed by atoms with Crippen LogP contribution in [0.5, 0.6) is 0 Å². The SMILES string of the molecule is CN(C)[C@@H](C(=O)N1CCCC1C(=O)Nc1ccc(-c2oc3ccc(NC(=O)[C@@H]4CCCN4C(=O)[C@@H](c4ccccc4)N(C)C)cc3c2Br)cc1)c1ccccc1. The average molecular weight is 820 g/mol. The fourth-order valence-corrected chi connectivity index (χ4v) is 8.62. The summed E-state index contributed by atoms with van der Waals surface area (Å²) in [6.07, 6.45) is 2.70. The molecule has 3 heterocycles. The smallest absolute Gasteiger partial charge is 0.247 e. The molecule has 2 aliphatic heterocycles. The number of likely N-dealkylation sites (tertiary alicyclic amines) is 2. The van der Waals surface area contributed by atoms with Crippen LogP contribution in [0.1, 0.15) is 48.9 Å². The fraction of sp³-hybridized carbons (Fsp3) is 0.318. The molecule has 2 saturated heterocycles. The number of nitrogens with one attached hydrogen (secondary N) is 2. The lowest BCUT2D eigenvalue weighted by Crippen LogP contribution is -2.47. The Morgan fingerprint density at radius 1 is 0.661 bits per heavy atom. The van der Waals surface area contributed by atoms with Gasteiger partial charge < -0.3 is 24.9 Å². The molecule has 1 aromatic heterocycles. The van der Waals surface area contributed by atoms with E-state index in [2.05, 4.69) is 26.6 Å². The van der Waals surface area contributed by atoms with Crippen LogP contribution in [0.4, 0.5) is 11.4 Å². The highest BCUT2D eigenvalue weighted by Crippen LogP contribution is 2.39. The summed E-state index contributed by atoms with van der Waals surface area (Å²) < 4.78 is 6.98. The van der Waals surface area contributed by atoms with Crippen molar-refractivity contribution in [2.75, 3.05) is 51.9 Å². The molecule has 0 aliphatic carbocycles. The van der Waals surface area contributed by atoms with Crippen LogP contribution in [0.25, 0.3) is 22.3 Å². The van der Waals surface area contributed by atoms with Crippen molar-refractivity contribution < 1.29 is 23.6 Å². The van der Waals surface area contributed by atoms with Gasteiger partial charge in [-0.05, 0) is 123 Å². The Bertz CT molecular complexity index is 2210. The Labute approximate surface area is 335 Å². The molecule has 0 radical (unpaired) electrons. The van der Waals surface area contributed by atoms with Gasteiger partial charge in [0.2, 0.25) is 23.6 Å². The van der Waals surface area contributed by atoms with E-state index in [0.717, 1.165) is 39.4 Å². The molecular formula is C44H47BrN6O5. The van der Waals surface area contributed by atoms with Crippen molar-refractivity contribution >= 4 is 61.9 Å². The molecule has 11 nitrogen and oxygen atoms in total. The minimum Gasteiger partial charge on any atom is -0.455 e. The number of hydrogen-bond donors (Lipinski definition) is 2. The number of carbonyl (C=O) groups is 4. The van der Waals surface area contributed by atoms with Crippen LogP contribution < -0.4 is 10.6 Å². The largest absolute Gasteiger partial charge is 0.455 e. The molecule has 0 spiro atoms. The highest BCUT2D eigenvalue weighted by molar-refractivity contribution is 9.10. The van der Waals surface area contributed by atoms with Gasteiger partial charge in [0.05, 0.1) is 4.47 Å². The van der Waals surface area contributed by atoms with E-state index in [-0.39, 0.29) is 23.6 Å². The number of carbonyl (C=O) groups excluding carboxylic acids is 4. The third-order valence-corrected chi connectivity index (χ3v) is 11.5. The number of fused-ring (bicyclic) bond motifs is 1. The number of rotatable bonds is 11. The Hall–Kier alpha value is -5.30. The van der Waals surface area contributed by atoms with Crippen LogP contribution in [0.2, 0.25) is 0 Å². The van der Waals surface area contributed by atoms with Crippen molar-refractivity contribution in [1.82, 2.24) is 19.6 Å². The Morgan fingerprint density at radius 2 is 1.12 bits per heavy atom. The molecule has 12 heteroatoms. The first-order valence-electron chi connectivity index (χ1n) is 19.0. The van der Waals surface area contributed by atoms with Crippen molar-refractivity contribution in [3.63, 3.8) is 0 Å². The van der Waals surface area contributed by atoms with E-state index < -0.39 is 24.2 Å². The summed E-state index contributed by atoms with van der Waals surface area (Å²) in [7, 11) is 7.51. The highest BCUT2D eigenvalue weighted by atomic mass is 79.9. The number of furan rings is 1. The summed E-state index contributed by atoms with van der Waals surface area (Å²) in [5, 5.41) is 6.85. The predicted octanol–water partition coefficient (Wildman–Crippen LogP) is 7.33. The first-order chi connectivity index (χ1) is 27.0. The number of anilines is 2. The lowest BCUT2D eigenvalue weighted by molar-refractivity contribution is -0.141. The number of halogens is 1. The number of amides is 4. The van der Waals surface area contributed by atoms with Gasteiger partial charge in [-0.3, -0.25) is 29.0 Å². The minimum absolute atomic E-state index is 0.0840. The standard InChI is InChI=1S/C44H47BrN6O5/c1-48(2)38(28-13-7-5-8-14-28)43(54)50-25-11-17-34(50)41(52)46-31-21-19-30(20-22-31)40-37(45)33-27-32(23-24-36(33)56-40)47-42(53)35-18-12-26-51(35)44(55)39(49(3)4)29-15-9-6-10-16-29/h5-10,13-16,19-24,27,34-35,38-39H,11-12,17-18,25-26H2,1-4H3,(H,46,52)(H,47,53)/t34?,35-,38+,39+/m0/s1. The number of nitrogens with zero attached hydrogens (tertiary/aromatic N) is 4. The Morgan fingerprint density at radius 3 is 1.61 bits per heavy atom. The van der Waals surface area contributed by atoms with E-state index in [0.29, 0.717) is 48.6 Å². The molecule has 2 aliphatic rings. The Kier molecular flexibility index (Phi) is 11.7. The third kappa shape index (κ3) is 8.00. The Balaban J connectivity index is 1.01. The molecule has 0 bridgehead atoms. The van der Waals surface area contributed by atoms with Crippen LogP contribution in [-0.2, 0) is 19.2 Å². The third-order valence-electron chi connectivity index (χ3n) is 10.7. The molecule has 2 fully saturated rings. The molecule has 7 rings (SSSR count). The fourth-order valence-electron chi connectivity index (χ4n) is 8.00. The van der Waals surface area contributed by atoms with E-state index >= 15 is 0 Å². The lowest BCUT2D eigenvalue weighted by atomic mass is 10.0. The minimum atomic E-state index is -0.576. The highest BCUT2D eigenvalue weighted by Gasteiger charge is 2.40. The van der Waals surface area contributed by atoms with E-state index in [1.54, 1.807) is 15.9 Å². The second-order valence-corrected chi connectivity index (χ2v) is 15.7. The van der Waals surface area contributed by atoms with E-state index in [1.807, 2.05) is 135 Å². The maximum absolute atomic E-state index is 13.8. The average Bonchev–Trinajstić information content (AvgIpc) is 3.96. The summed E-state index contributed by atoms with van der Waals surface area (Å²) in [6.45, 7) is 1.06. The van der Waals surface area contributed by atoms with E-state index in [9.17, 15) is 19.2 Å². The summed E-state index contributed by atoms with van der Waals surface area (Å²) in [6, 6.07) is 30.0. The van der Waals surface area contributed by atoms with Crippen LogP contribution in [0, 0.1) is 0 Å². The van der Waals surface area contributed by atoms with Crippen molar-refractivity contribution in [2.24, 2.45) is 0 Å². The normalized spacial score (nSPS) is 18.1. The van der Waals surface area contributed by atoms with Crippen molar-refractivity contribution in [3.8, 4) is 11.3 Å². The van der Waals surface area contributed by atoms with Gasteiger partial charge in [-0.15, -0.1) is 0 Å². The molecule has 4 aromatic carbocycles. The molecular weight excluding hydrogens is 772 g/mol. The number of hydrogen-bond acceptors (Lipinski definition) is 7. The second kappa shape index (κ2) is 16.8. The van der Waals surface area contributed by atoms with Crippen LogP contribution in [0.3, 0.4) is 0 Å². The quantitative estimate of drug-likeness (QED) is 0.143. The van der Waals surface area contributed by atoms with Gasteiger partial charge in [0.15, 0.2) is 0 Å². The van der Waals surface area contributed by atoms with Gasteiger partial charge in [-0.25, -0.2) is 0 Å². The van der Waals surface area contributed by atoms with Crippen LogP contribution in [0.15, 0.2) is 112 Å². The number of likely N-dealkylation sites (N-methyl/N-ethyl adjacent to an activating group) is 2. The zero-order valence-electron chi connectivity index (χ0n) is 32.1. The zero-order valence-corrected chi connectivity index (χ0v) is 33.7. The first kappa shape index (κ1) is 39.0. The molecule has 290 valence electrons. The summed E-state index contributed by atoms with van der Waals surface area (Å²) in [5.74, 6) is -0.00813.